The predicted octanol–water partition coefficient (Wildman–Crippen LogP) is 2.81. The summed E-state index contributed by atoms with van der Waals surface area (Å²) in [4.78, 5) is 8.99. The van der Waals surface area contributed by atoms with Gasteiger partial charge in [-0.05, 0) is 20.3 Å². The van der Waals surface area contributed by atoms with Crippen LogP contribution in [0.5, 0.6) is 0 Å². The van der Waals surface area contributed by atoms with Gasteiger partial charge in [-0.3, -0.25) is 4.99 Å². The van der Waals surface area contributed by atoms with Crippen LogP contribution < -0.4 is 5.32 Å². The minimum Gasteiger partial charge on any atom is -0.362 e. The molecule has 2 atom stereocenters. The van der Waals surface area contributed by atoms with Gasteiger partial charge in [0.25, 0.3) is 0 Å². The van der Waals surface area contributed by atoms with Crippen LogP contribution in [0, 0.1) is 6.92 Å². The number of aromatic nitrogens is 1. The van der Waals surface area contributed by atoms with Crippen molar-refractivity contribution < 1.29 is 0 Å². The van der Waals surface area contributed by atoms with E-state index >= 15 is 0 Å². The zero-order valence-electron chi connectivity index (χ0n) is 9.86. The van der Waals surface area contributed by atoms with Crippen molar-refractivity contribution in [3.05, 3.63) is 16.1 Å². The Morgan fingerprint density at radius 2 is 2.38 bits per heavy atom. The van der Waals surface area contributed by atoms with Crippen molar-refractivity contribution in [3.63, 3.8) is 0 Å². The highest BCUT2D eigenvalue weighted by atomic mass is 32.2. The van der Waals surface area contributed by atoms with Crippen molar-refractivity contribution in [1.29, 1.82) is 0 Å². The predicted molar refractivity (Wildman–Crippen MR) is 72.3 cm³/mol. The van der Waals surface area contributed by atoms with Gasteiger partial charge in [0.15, 0.2) is 5.17 Å². The molecule has 0 bridgehead atoms. The Labute approximate surface area is 105 Å². The maximum Gasteiger partial charge on any atom is 0.157 e. The molecule has 1 N–H and O–H groups in total. The van der Waals surface area contributed by atoms with E-state index in [2.05, 4.69) is 34.5 Å². The van der Waals surface area contributed by atoms with Crippen LogP contribution in [-0.2, 0) is 6.54 Å². The molecular formula is C11H17N3S2. The van der Waals surface area contributed by atoms with Crippen LogP contribution in [0.25, 0.3) is 0 Å². The number of hydrogen-bond donors (Lipinski definition) is 1. The monoisotopic (exact) mass is 255 g/mol. The topological polar surface area (TPSA) is 37.3 Å². The summed E-state index contributed by atoms with van der Waals surface area (Å²) in [5, 5.41) is 8.33. The lowest BCUT2D eigenvalue weighted by Crippen LogP contribution is -2.38. The van der Waals surface area contributed by atoms with Gasteiger partial charge >= 0.3 is 0 Å². The average Bonchev–Trinajstić information content (AvgIpc) is 2.60. The Balaban J connectivity index is 1.96. The smallest absolute Gasteiger partial charge is 0.157 e. The summed E-state index contributed by atoms with van der Waals surface area (Å²) < 4.78 is 0. The summed E-state index contributed by atoms with van der Waals surface area (Å²) in [5.41, 5.74) is 1.07. The highest BCUT2D eigenvalue weighted by molar-refractivity contribution is 8.14. The summed E-state index contributed by atoms with van der Waals surface area (Å²) in [7, 11) is 0. The van der Waals surface area contributed by atoms with Crippen molar-refractivity contribution in [3.8, 4) is 0 Å². The third kappa shape index (κ3) is 3.22. The van der Waals surface area contributed by atoms with Crippen LogP contribution in [0.4, 0.5) is 0 Å². The molecule has 1 saturated heterocycles. The second kappa shape index (κ2) is 5.19. The molecule has 0 aromatic carbocycles. The third-order valence-corrected chi connectivity index (χ3v) is 4.31. The normalized spacial score (nSPS) is 28.1. The number of aryl methyl sites for hydroxylation is 1. The van der Waals surface area contributed by atoms with Crippen LogP contribution in [0.2, 0.25) is 0 Å². The maximum absolute atomic E-state index is 4.58. The van der Waals surface area contributed by atoms with Crippen LogP contribution in [0.15, 0.2) is 10.4 Å². The Morgan fingerprint density at radius 3 is 3.00 bits per heavy atom. The molecule has 2 heterocycles. The Morgan fingerprint density at radius 1 is 1.56 bits per heavy atom. The van der Waals surface area contributed by atoms with E-state index < -0.39 is 0 Å². The van der Waals surface area contributed by atoms with Gasteiger partial charge in [0.05, 0.1) is 17.2 Å². The molecule has 88 valence electrons. The second-order valence-corrected chi connectivity index (χ2v) is 6.68. The molecule has 0 amide bonds. The average molecular weight is 255 g/mol. The van der Waals surface area contributed by atoms with E-state index in [1.807, 2.05) is 18.7 Å². The number of thiazole rings is 1. The van der Waals surface area contributed by atoms with Gasteiger partial charge in [-0.25, -0.2) is 4.98 Å². The van der Waals surface area contributed by atoms with E-state index in [4.69, 9.17) is 0 Å². The van der Waals surface area contributed by atoms with E-state index in [0.717, 1.165) is 15.9 Å². The quantitative estimate of drug-likeness (QED) is 0.883. The summed E-state index contributed by atoms with van der Waals surface area (Å²) >= 11 is 3.52. The first-order chi connectivity index (χ1) is 7.63. The highest BCUT2D eigenvalue weighted by Crippen LogP contribution is 2.22. The number of nitrogens with zero attached hydrogens (tertiary/aromatic N) is 2. The van der Waals surface area contributed by atoms with Crippen molar-refractivity contribution >= 4 is 28.3 Å². The van der Waals surface area contributed by atoms with Crippen molar-refractivity contribution in [1.82, 2.24) is 10.3 Å². The molecule has 2 rings (SSSR count). The molecule has 0 radical (unpaired) electrons. The van der Waals surface area contributed by atoms with Gasteiger partial charge in [-0.1, -0.05) is 18.7 Å². The fourth-order valence-corrected chi connectivity index (χ4v) is 3.54. The molecule has 1 aliphatic rings. The van der Waals surface area contributed by atoms with Crippen LogP contribution in [-0.4, -0.2) is 21.4 Å². The van der Waals surface area contributed by atoms with Crippen molar-refractivity contribution in [2.45, 2.75) is 45.0 Å². The van der Waals surface area contributed by atoms with Crippen molar-refractivity contribution in [2.75, 3.05) is 0 Å². The Bertz CT molecular complexity index is 374. The van der Waals surface area contributed by atoms with Gasteiger partial charge in [-0.2, -0.15) is 0 Å². The molecular weight excluding hydrogens is 238 g/mol. The molecule has 0 saturated carbocycles. The Hall–Kier alpha value is -0.550. The SMILES string of the molecule is Cc1nc(CN=C2NC(C)CC(C)S2)cs1. The number of nitrogens with one attached hydrogen (secondary N) is 1. The first-order valence-electron chi connectivity index (χ1n) is 5.52. The van der Waals surface area contributed by atoms with Gasteiger partial charge < -0.3 is 5.32 Å². The zero-order chi connectivity index (χ0) is 11.5. The molecule has 1 aromatic rings. The largest absolute Gasteiger partial charge is 0.362 e. The molecule has 16 heavy (non-hydrogen) atoms. The minimum atomic E-state index is 0.534. The summed E-state index contributed by atoms with van der Waals surface area (Å²) in [5.74, 6) is 0. The van der Waals surface area contributed by atoms with Gasteiger partial charge in [-0.15, -0.1) is 11.3 Å². The fourth-order valence-electron chi connectivity index (χ4n) is 1.76. The lowest BCUT2D eigenvalue weighted by atomic mass is 10.2. The summed E-state index contributed by atoms with van der Waals surface area (Å²) in [6.07, 6.45) is 1.21. The van der Waals surface area contributed by atoms with E-state index in [1.165, 1.54) is 6.42 Å². The lowest BCUT2D eigenvalue weighted by Gasteiger charge is -2.26. The van der Waals surface area contributed by atoms with Gasteiger partial charge in [0, 0.05) is 16.7 Å². The van der Waals surface area contributed by atoms with E-state index in [9.17, 15) is 0 Å². The minimum absolute atomic E-state index is 0.534. The Kier molecular flexibility index (Phi) is 3.86. The first kappa shape index (κ1) is 11.9. The van der Waals surface area contributed by atoms with Gasteiger partial charge in [0.2, 0.25) is 0 Å². The van der Waals surface area contributed by atoms with Gasteiger partial charge in [0.1, 0.15) is 0 Å². The fraction of sp³-hybridized carbons (Fsp3) is 0.636. The van der Waals surface area contributed by atoms with Crippen molar-refractivity contribution in [2.24, 2.45) is 4.99 Å². The number of thioether (sulfide) groups is 1. The van der Waals surface area contributed by atoms with Crippen LogP contribution in [0.1, 0.15) is 31.0 Å². The van der Waals surface area contributed by atoms with E-state index in [0.29, 0.717) is 17.8 Å². The summed E-state index contributed by atoms with van der Waals surface area (Å²) in [6, 6.07) is 0.534. The van der Waals surface area contributed by atoms with E-state index in [-0.39, 0.29) is 0 Å². The molecule has 5 heteroatoms. The third-order valence-electron chi connectivity index (χ3n) is 2.42. The summed E-state index contributed by atoms with van der Waals surface area (Å²) in [6.45, 7) is 7.18. The zero-order valence-corrected chi connectivity index (χ0v) is 11.5. The molecule has 1 fully saturated rings. The van der Waals surface area contributed by atoms with E-state index in [1.54, 1.807) is 11.3 Å². The van der Waals surface area contributed by atoms with Crippen LogP contribution in [0.3, 0.4) is 0 Å². The second-order valence-electron chi connectivity index (χ2n) is 4.19. The molecule has 1 aromatic heterocycles. The number of hydrogen-bond acceptors (Lipinski definition) is 4. The van der Waals surface area contributed by atoms with Crippen LogP contribution >= 0.6 is 23.1 Å². The molecule has 2 unspecified atom stereocenters. The molecule has 3 nitrogen and oxygen atoms in total. The lowest BCUT2D eigenvalue weighted by molar-refractivity contribution is 0.597. The number of rotatable bonds is 2. The highest BCUT2D eigenvalue weighted by Gasteiger charge is 2.19. The standard InChI is InChI=1S/C11H17N3S2/c1-7-4-8(2)16-11(13-7)12-5-10-6-15-9(3)14-10/h6-8H,4-5H2,1-3H3,(H,12,13). The molecule has 0 aliphatic carbocycles. The maximum atomic E-state index is 4.58. The number of aliphatic imine (C=N–C) groups is 1. The first-order valence-corrected chi connectivity index (χ1v) is 7.28. The molecule has 1 aliphatic heterocycles. The molecule has 0 spiro atoms. The number of amidine groups is 1.